The minimum Gasteiger partial charge on any atom is -0.455 e. The van der Waals surface area contributed by atoms with E-state index in [0.29, 0.717) is 21.9 Å². The summed E-state index contributed by atoms with van der Waals surface area (Å²) in [7, 11) is 0. The first-order valence-corrected chi connectivity index (χ1v) is 7.86. The molecule has 0 aromatic carbocycles. The van der Waals surface area contributed by atoms with Crippen molar-refractivity contribution in [3.05, 3.63) is 61.6 Å². The zero-order valence-corrected chi connectivity index (χ0v) is 13.8. The Morgan fingerprint density at radius 1 is 1.26 bits per heavy atom. The van der Waals surface area contributed by atoms with Gasteiger partial charge in [-0.3, -0.25) is 9.20 Å². The number of aryl methyl sites for hydroxylation is 3. The molecule has 0 bridgehead atoms. The number of ether oxygens (including phenoxy) is 1. The van der Waals surface area contributed by atoms with Gasteiger partial charge in [-0.05, 0) is 32.4 Å². The molecular weight excluding hydrogens is 314 g/mol. The van der Waals surface area contributed by atoms with Crippen LogP contribution in [0.4, 0.5) is 0 Å². The average molecular weight is 329 g/mol. The minimum atomic E-state index is -0.445. The van der Waals surface area contributed by atoms with Crippen molar-refractivity contribution in [2.45, 2.75) is 27.4 Å². The molecule has 0 aliphatic heterocycles. The number of carbonyl (C=O) groups is 1. The molecule has 0 amide bonds. The number of pyridine rings is 1. The highest BCUT2D eigenvalue weighted by atomic mass is 32.1. The van der Waals surface area contributed by atoms with Crippen LogP contribution in [-0.2, 0) is 11.3 Å². The molecule has 0 N–H and O–H groups in total. The van der Waals surface area contributed by atoms with E-state index in [4.69, 9.17) is 4.74 Å². The van der Waals surface area contributed by atoms with Crippen LogP contribution in [0.3, 0.4) is 0 Å². The van der Waals surface area contributed by atoms with Gasteiger partial charge < -0.3 is 4.74 Å². The number of carbonyl (C=O) groups excluding carboxylic acids is 1. The van der Waals surface area contributed by atoms with E-state index in [9.17, 15) is 9.59 Å². The maximum atomic E-state index is 12.1. The molecule has 3 heterocycles. The van der Waals surface area contributed by atoms with Crippen LogP contribution in [0.15, 0.2) is 29.2 Å². The topological polar surface area (TPSA) is 73.6 Å². The molecule has 3 aromatic rings. The largest absolute Gasteiger partial charge is 0.455 e. The second-order valence-corrected chi connectivity index (χ2v) is 6.45. The van der Waals surface area contributed by atoms with Crippen LogP contribution in [0.5, 0.6) is 0 Å². The van der Waals surface area contributed by atoms with Crippen molar-refractivity contribution >= 4 is 23.0 Å². The Morgan fingerprint density at radius 3 is 2.74 bits per heavy atom. The van der Waals surface area contributed by atoms with Gasteiger partial charge in [-0.25, -0.2) is 14.8 Å². The molecule has 6 nitrogen and oxygen atoms in total. The Kier molecular flexibility index (Phi) is 3.96. The summed E-state index contributed by atoms with van der Waals surface area (Å²) in [5, 5.41) is 0.812. The fourth-order valence-electron chi connectivity index (χ4n) is 2.26. The SMILES string of the molecule is Cc1ccc2nc(COC(=O)c3sc(C)nc3C)cc(=O)n2c1. The van der Waals surface area contributed by atoms with Gasteiger partial charge in [0.25, 0.3) is 5.56 Å². The monoisotopic (exact) mass is 329 g/mol. The number of hydrogen-bond acceptors (Lipinski definition) is 6. The Balaban J connectivity index is 1.82. The molecular formula is C16H15N3O3S. The molecule has 0 aliphatic carbocycles. The number of aromatic nitrogens is 3. The molecule has 0 aliphatic rings. The van der Waals surface area contributed by atoms with Gasteiger partial charge in [0.2, 0.25) is 0 Å². The summed E-state index contributed by atoms with van der Waals surface area (Å²) in [6, 6.07) is 5.02. The zero-order chi connectivity index (χ0) is 16.6. The molecule has 0 spiro atoms. The Hall–Kier alpha value is -2.54. The summed E-state index contributed by atoms with van der Waals surface area (Å²) in [5.41, 5.74) is 2.37. The van der Waals surface area contributed by atoms with Crippen molar-refractivity contribution in [2.24, 2.45) is 0 Å². The van der Waals surface area contributed by atoms with E-state index in [0.717, 1.165) is 10.6 Å². The number of hydrogen-bond donors (Lipinski definition) is 0. The summed E-state index contributed by atoms with van der Waals surface area (Å²) >= 11 is 1.29. The molecule has 0 radical (unpaired) electrons. The number of thiazole rings is 1. The smallest absolute Gasteiger partial charge is 0.350 e. The summed E-state index contributed by atoms with van der Waals surface area (Å²) in [5.74, 6) is -0.445. The lowest BCUT2D eigenvalue weighted by molar-refractivity contribution is 0.0472. The van der Waals surface area contributed by atoms with E-state index < -0.39 is 5.97 Å². The predicted molar refractivity (Wildman–Crippen MR) is 86.9 cm³/mol. The van der Waals surface area contributed by atoms with Crippen molar-refractivity contribution in [1.82, 2.24) is 14.4 Å². The lowest BCUT2D eigenvalue weighted by atomic mass is 10.3. The lowest BCUT2D eigenvalue weighted by Gasteiger charge is -2.06. The van der Waals surface area contributed by atoms with Gasteiger partial charge in [-0.2, -0.15) is 0 Å². The first-order chi connectivity index (χ1) is 10.9. The van der Waals surface area contributed by atoms with Crippen molar-refractivity contribution in [3.8, 4) is 0 Å². The standard InChI is InChI=1S/C16H15N3O3S/c1-9-4-5-13-18-12(6-14(20)19(13)7-9)8-22-16(21)15-10(2)17-11(3)23-15/h4-7H,8H2,1-3H3. The van der Waals surface area contributed by atoms with Crippen LogP contribution in [0.2, 0.25) is 0 Å². The third-order valence-electron chi connectivity index (χ3n) is 3.30. The maximum absolute atomic E-state index is 12.1. The van der Waals surface area contributed by atoms with Crippen molar-refractivity contribution in [1.29, 1.82) is 0 Å². The number of nitrogens with zero attached hydrogens (tertiary/aromatic N) is 3. The average Bonchev–Trinajstić information content (AvgIpc) is 2.84. The fourth-order valence-corrected chi connectivity index (χ4v) is 3.07. The predicted octanol–water partition coefficient (Wildman–Crippen LogP) is 2.43. The van der Waals surface area contributed by atoms with Crippen LogP contribution in [-0.4, -0.2) is 20.3 Å². The molecule has 0 fully saturated rings. The summed E-state index contributed by atoms with van der Waals surface area (Å²) in [6.07, 6.45) is 1.73. The molecule has 3 rings (SSSR count). The highest BCUT2D eigenvalue weighted by Gasteiger charge is 2.15. The third kappa shape index (κ3) is 3.14. The molecule has 0 atom stereocenters. The second-order valence-electron chi connectivity index (χ2n) is 5.24. The van der Waals surface area contributed by atoms with Gasteiger partial charge >= 0.3 is 5.97 Å². The van der Waals surface area contributed by atoms with Gasteiger partial charge in [0, 0.05) is 12.3 Å². The normalized spacial score (nSPS) is 10.9. The zero-order valence-electron chi connectivity index (χ0n) is 13.0. The number of fused-ring (bicyclic) bond motifs is 1. The van der Waals surface area contributed by atoms with E-state index in [-0.39, 0.29) is 12.2 Å². The summed E-state index contributed by atoms with van der Waals surface area (Å²) < 4.78 is 6.73. The molecule has 0 saturated heterocycles. The van der Waals surface area contributed by atoms with Crippen molar-refractivity contribution in [2.75, 3.05) is 0 Å². The van der Waals surface area contributed by atoms with Gasteiger partial charge in [0.05, 0.1) is 16.4 Å². The third-order valence-corrected chi connectivity index (χ3v) is 4.35. The highest BCUT2D eigenvalue weighted by molar-refractivity contribution is 7.13. The molecule has 7 heteroatoms. The first kappa shape index (κ1) is 15.4. The number of rotatable bonds is 3. The highest BCUT2D eigenvalue weighted by Crippen LogP contribution is 2.18. The van der Waals surface area contributed by atoms with Crippen molar-refractivity contribution in [3.63, 3.8) is 0 Å². The van der Waals surface area contributed by atoms with Gasteiger partial charge in [-0.1, -0.05) is 6.07 Å². The van der Waals surface area contributed by atoms with E-state index >= 15 is 0 Å². The van der Waals surface area contributed by atoms with Crippen LogP contribution in [0, 0.1) is 20.8 Å². The van der Waals surface area contributed by atoms with E-state index in [1.165, 1.54) is 21.8 Å². The Bertz CT molecular complexity index is 959. The van der Waals surface area contributed by atoms with Gasteiger partial charge in [0.15, 0.2) is 0 Å². The Labute approximate surface area is 136 Å². The molecule has 0 saturated carbocycles. The van der Waals surface area contributed by atoms with Crippen LogP contribution in [0.25, 0.3) is 5.65 Å². The fraction of sp³-hybridized carbons (Fsp3) is 0.250. The minimum absolute atomic E-state index is 0.0468. The maximum Gasteiger partial charge on any atom is 0.350 e. The van der Waals surface area contributed by atoms with E-state index in [2.05, 4.69) is 9.97 Å². The molecule has 3 aromatic heterocycles. The Morgan fingerprint density at radius 2 is 2.04 bits per heavy atom. The van der Waals surface area contributed by atoms with Crippen LogP contribution < -0.4 is 5.56 Å². The van der Waals surface area contributed by atoms with E-state index in [1.807, 2.05) is 19.9 Å². The number of esters is 1. The van der Waals surface area contributed by atoms with E-state index in [1.54, 1.807) is 19.2 Å². The quantitative estimate of drug-likeness (QED) is 0.690. The lowest BCUT2D eigenvalue weighted by Crippen LogP contribution is -2.16. The second kappa shape index (κ2) is 5.92. The molecule has 0 unspecified atom stereocenters. The van der Waals surface area contributed by atoms with Gasteiger partial charge in [-0.15, -0.1) is 11.3 Å². The molecule has 118 valence electrons. The van der Waals surface area contributed by atoms with Gasteiger partial charge in [0.1, 0.15) is 17.1 Å². The summed E-state index contributed by atoms with van der Waals surface area (Å²) in [4.78, 5) is 33.2. The first-order valence-electron chi connectivity index (χ1n) is 7.04. The van der Waals surface area contributed by atoms with Crippen molar-refractivity contribution < 1.29 is 9.53 Å². The summed E-state index contributed by atoms with van der Waals surface area (Å²) in [6.45, 7) is 5.46. The molecule has 23 heavy (non-hydrogen) atoms. The van der Waals surface area contributed by atoms with Crippen LogP contribution >= 0.6 is 11.3 Å². The van der Waals surface area contributed by atoms with Crippen LogP contribution in [0.1, 0.15) is 31.6 Å².